The summed E-state index contributed by atoms with van der Waals surface area (Å²) in [6.45, 7) is 1.24. The normalized spacial score (nSPS) is 13.6. The molecule has 1 heterocycles. The summed E-state index contributed by atoms with van der Waals surface area (Å²) < 4.78 is 11.7. The Bertz CT molecular complexity index is 769. The quantitative estimate of drug-likeness (QED) is 0.793. The Morgan fingerprint density at radius 1 is 1.29 bits per heavy atom. The first-order chi connectivity index (χ1) is 11.5. The number of hydrogen-bond donors (Lipinski definition) is 2. The van der Waals surface area contributed by atoms with Crippen LogP contribution in [0.2, 0.25) is 5.02 Å². The average molecular weight is 413 g/mol. The molecule has 3 rings (SSSR count). The molecule has 1 unspecified atom stereocenters. The Labute approximate surface area is 153 Å². The van der Waals surface area contributed by atoms with Crippen molar-refractivity contribution in [3.05, 3.63) is 51.5 Å². The maximum Gasteiger partial charge on any atom is 0.279 e. The van der Waals surface area contributed by atoms with Crippen LogP contribution in [0.25, 0.3) is 0 Å². The van der Waals surface area contributed by atoms with Crippen LogP contribution in [0.15, 0.2) is 40.9 Å². The van der Waals surface area contributed by atoms with E-state index in [0.29, 0.717) is 23.8 Å². The van der Waals surface area contributed by atoms with Gasteiger partial charge >= 0.3 is 0 Å². The molecule has 0 aliphatic carbocycles. The zero-order valence-corrected chi connectivity index (χ0v) is 15.4. The van der Waals surface area contributed by atoms with Crippen LogP contribution in [0, 0.1) is 0 Å². The largest absolute Gasteiger partial charge is 0.454 e. The monoisotopic (exact) mass is 411 g/mol. The van der Waals surface area contributed by atoms with Gasteiger partial charge in [0, 0.05) is 10.0 Å². The number of para-hydroxylation sites is 1. The van der Waals surface area contributed by atoms with Crippen molar-refractivity contribution in [2.75, 3.05) is 25.7 Å². The van der Waals surface area contributed by atoms with Crippen LogP contribution in [-0.4, -0.2) is 26.3 Å². The molecule has 0 fully saturated rings. The van der Waals surface area contributed by atoms with Gasteiger partial charge in [-0.15, -0.1) is 0 Å². The number of amides is 1. The summed E-state index contributed by atoms with van der Waals surface area (Å²) in [4.78, 5) is 13.2. The molecule has 0 bridgehead atoms. The first kappa shape index (κ1) is 17.1. The van der Waals surface area contributed by atoms with E-state index in [2.05, 4.69) is 21.2 Å². The van der Waals surface area contributed by atoms with Crippen molar-refractivity contribution < 1.29 is 19.2 Å². The summed E-state index contributed by atoms with van der Waals surface area (Å²) in [5.74, 6) is 1.39. The van der Waals surface area contributed by atoms with E-state index in [1.54, 1.807) is 12.1 Å². The number of halogens is 2. The number of nitrogens with one attached hydrogen (secondary N) is 2. The fourth-order valence-electron chi connectivity index (χ4n) is 2.51. The highest BCUT2D eigenvalue weighted by atomic mass is 79.9. The van der Waals surface area contributed by atoms with Gasteiger partial charge in [0.2, 0.25) is 6.79 Å². The number of carbonyl (C=O) groups excluding carboxylic acids is 1. The predicted molar refractivity (Wildman–Crippen MR) is 95.8 cm³/mol. The topological polar surface area (TPSA) is 52.0 Å². The highest BCUT2D eigenvalue weighted by Crippen LogP contribution is 2.36. The number of likely N-dealkylation sites (N-methyl/N-ethyl adjacent to an activating group) is 1. The van der Waals surface area contributed by atoms with Crippen molar-refractivity contribution in [1.29, 1.82) is 0 Å². The molecule has 0 aromatic heterocycles. The van der Waals surface area contributed by atoms with Crippen molar-refractivity contribution in [1.82, 2.24) is 0 Å². The van der Waals surface area contributed by atoms with Crippen molar-refractivity contribution >= 4 is 39.1 Å². The second kappa shape index (κ2) is 7.42. The highest BCUT2D eigenvalue weighted by molar-refractivity contribution is 9.10. The fraction of sp³-hybridized carbons (Fsp3) is 0.235. The van der Waals surface area contributed by atoms with Gasteiger partial charge in [0.05, 0.1) is 17.8 Å². The van der Waals surface area contributed by atoms with Gasteiger partial charge in [-0.05, 0) is 24.3 Å². The van der Waals surface area contributed by atoms with Crippen LogP contribution in [0.4, 0.5) is 5.69 Å². The van der Waals surface area contributed by atoms with Gasteiger partial charge in [-0.25, -0.2) is 0 Å². The molecule has 5 nitrogen and oxygen atoms in total. The van der Waals surface area contributed by atoms with Crippen LogP contribution in [0.1, 0.15) is 5.56 Å². The van der Waals surface area contributed by atoms with Crippen molar-refractivity contribution in [3.8, 4) is 11.5 Å². The molecular formula is C17H17BrClN2O3+. The lowest BCUT2D eigenvalue weighted by atomic mass is 10.2. The highest BCUT2D eigenvalue weighted by Gasteiger charge is 2.19. The Morgan fingerprint density at radius 2 is 2.00 bits per heavy atom. The van der Waals surface area contributed by atoms with E-state index in [1.165, 1.54) is 0 Å². The Kier molecular flexibility index (Phi) is 5.28. The van der Waals surface area contributed by atoms with Gasteiger partial charge in [0.1, 0.15) is 6.54 Å². The number of rotatable bonds is 5. The van der Waals surface area contributed by atoms with E-state index in [1.807, 2.05) is 31.3 Å². The summed E-state index contributed by atoms with van der Waals surface area (Å²) in [7, 11) is 1.96. The van der Waals surface area contributed by atoms with Crippen molar-refractivity contribution in [3.63, 3.8) is 0 Å². The molecule has 7 heteroatoms. The molecule has 2 N–H and O–H groups in total. The lowest BCUT2D eigenvalue weighted by Gasteiger charge is -2.15. The summed E-state index contributed by atoms with van der Waals surface area (Å²) in [6, 6.07) is 11.0. The molecule has 1 aliphatic heterocycles. The van der Waals surface area contributed by atoms with E-state index in [-0.39, 0.29) is 12.7 Å². The second-order valence-electron chi connectivity index (χ2n) is 5.64. The standard InChI is InChI=1S/C17H16BrClN2O3/c1-21(9-17(22)20-14-5-3-2-4-13(14)19)8-11-6-15-16(7-12(11)18)24-10-23-15/h2-7H,8-10H2,1H3,(H,20,22)/p+1. The van der Waals surface area contributed by atoms with E-state index in [4.69, 9.17) is 21.1 Å². The molecule has 0 radical (unpaired) electrons. The van der Waals surface area contributed by atoms with E-state index >= 15 is 0 Å². The lowest BCUT2D eigenvalue weighted by molar-refractivity contribution is -0.885. The molecule has 1 atom stereocenters. The number of quaternary nitrogens is 1. The van der Waals surface area contributed by atoms with Crippen LogP contribution < -0.4 is 19.7 Å². The fourth-order valence-corrected chi connectivity index (χ4v) is 3.16. The molecule has 2 aromatic rings. The summed E-state index contributed by atoms with van der Waals surface area (Å²) >= 11 is 9.60. The zero-order chi connectivity index (χ0) is 17.1. The molecule has 0 saturated heterocycles. The molecule has 126 valence electrons. The number of ether oxygens (including phenoxy) is 2. The third kappa shape index (κ3) is 4.01. The summed E-state index contributed by atoms with van der Waals surface area (Å²) in [5, 5.41) is 3.36. The summed E-state index contributed by atoms with van der Waals surface area (Å²) in [6.07, 6.45) is 0. The van der Waals surface area contributed by atoms with E-state index in [0.717, 1.165) is 26.4 Å². The minimum atomic E-state index is -0.0857. The van der Waals surface area contributed by atoms with Gasteiger partial charge in [-0.2, -0.15) is 0 Å². The van der Waals surface area contributed by atoms with Crippen LogP contribution in [-0.2, 0) is 11.3 Å². The third-order valence-corrected chi connectivity index (χ3v) is 4.71. The molecule has 0 saturated carbocycles. The summed E-state index contributed by atoms with van der Waals surface area (Å²) in [5.41, 5.74) is 1.68. The maximum atomic E-state index is 12.2. The Morgan fingerprint density at radius 3 is 2.75 bits per heavy atom. The average Bonchev–Trinajstić information content (AvgIpc) is 2.97. The van der Waals surface area contributed by atoms with Gasteiger partial charge in [-0.3, -0.25) is 4.79 Å². The second-order valence-corrected chi connectivity index (χ2v) is 6.90. The lowest BCUT2D eigenvalue weighted by Crippen LogP contribution is -3.08. The molecule has 24 heavy (non-hydrogen) atoms. The molecule has 2 aromatic carbocycles. The minimum absolute atomic E-state index is 0.0857. The van der Waals surface area contributed by atoms with Gasteiger partial charge in [0.25, 0.3) is 5.91 Å². The van der Waals surface area contributed by atoms with Crippen LogP contribution in [0.5, 0.6) is 11.5 Å². The van der Waals surface area contributed by atoms with Crippen LogP contribution >= 0.6 is 27.5 Å². The Hall–Kier alpha value is -1.76. The first-order valence-corrected chi connectivity index (χ1v) is 8.63. The van der Waals surface area contributed by atoms with Crippen molar-refractivity contribution in [2.45, 2.75) is 6.54 Å². The van der Waals surface area contributed by atoms with E-state index in [9.17, 15) is 4.79 Å². The Balaban J connectivity index is 1.60. The zero-order valence-electron chi connectivity index (χ0n) is 13.1. The van der Waals surface area contributed by atoms with Gasteiger partial charge in [0.15, 0.2) is 18.0 Å². The third-order valence-electron chi connectivity index (χ3n) is 3.64. The number of fused-ring (bicyclic) bond motifs is 1. The minimum Gasteiger partial charge on any atom is -0.454 e. The smallest absolute Gasteiger partial charge is 0.279 e. The maximum absolute atomic E-state index is 12.2. The number of benzene rings is 2. The van der Waals surface area contributed by atoms with Crippen molar-refractivity contribution in [2.24, 2.45) is 0 Å². The molecule has 0 spiro atoms. The first-order valence-electron chi connectivity index (χ1n) is 7.46. The number of hydrogen-bond acceptors (Lipinski definition) is 3. The number of anilines is 1. The predicted octanol–water partition coefficient (Wildman–Crippen LogP) is 2.48. The molecule has 1 aliphatic rings. The van der Waals surface area contributed by atoms with E-state index < -0.39 is 0 Å². The molecule has 1 amide bonds. The van der Waals surface area contributed by atoms with Crippen LogP contribution in [0.3, 0.4) is 0 Å². The SMILES string of the molecule is C[NH+](CC(=O)Nc1ccccc1Cl)Cc1cc2c(cc1Br)OCO2. The number of carbonyl (C=O) groups is 1. The van der Waals surface area contributed by atoms with Gasteiger partial charge < -0.3 is 19.7 Å². The van der Waals surface area contributed by atoms with Gasteiger partial charge in [-0.1, -0.05) is 39.7 Å². The molecular weight excluding hydrogens is 396 g/mol.